The van der Waals surface area contributed by atoms with Crippen molar-refractivity contribution < 1.29 is 4.74 Å². The molecule has 7 heteroatoms. The van der Waals surface area contributed by atoms with E-state index >= 15 is 0 Å². The summed E-state index contributed by atoms with van der Waals surface area (Å²) in [5.74, 6) is 0.698. The van der Waals surface area contributed by atoms with E-state index in [0.717, 1.165) is 10.9 Å². The van der Waals surface area contributed by atoms with E-state index in [9.17, 15) is 4.79 Å². The van der Waals surface area contributed by atoms with Crippen LogP contribution in [0.25, 0.3) is 11.0 Å². The monoisotopic (exact) mass is 325 g/mol. The standard InChI is InChI=1S/C17H19N5O2/c1-10(2)22-15-13(9-20-17(18)21-15)7-12(16(22)23)6-11-4-5-14(24-3)19-8-11/h4-5,7-10H,6H2,1-3H3,(H2,18,20,21). The van der Waals surface area contributed by atoms with E-state index in [-0.39, 0.29) is 17.5 Å². The third-order valence-corrected chi connectivity index (χ3v) is 3.78. The van der Waals surface area contributed by atoms with Gasteiger partial charge in [-0.05, 0) is 25.5 Å². The predicted molar refractivity (Wildman–Crippen MR) is 92.2 cm³/mol. The minimum atomic E-state index is -0.0774. The van der Waals surface area contributed by atoms with Crippen LogP contribution in [-0.4, -0.2) is 26.6 Å². The van der Waals surface area contributed by atoms with Crippen LogP contribution in [0.1, 0.15) is 31.0 Å². The summed E-state index contributed by atoms with van der Waals surface area (Å²) in [6.45, 7) is 3.88. The smallest absolute Gasteiger partial charge is 0.255 e. The molecule has 7 nitrogen and oxygen atoms in total. The normalized spacial score (nSPS) is 11.2. The predicted octanol–water partition coefficient (Wildman–Crippen LogP) is 1.95. The molecule has 3 aromatic heterocycles. The van der Waals surface area contributed by atoms with Crippen LogP contribution in [-0.2, 0) is 6.42 Å². The maximum Gasteiger partial charge on any atom is 0.255 e. The maximum absolute atomic E-state index is 12.9. The topological polar surface area (TPSA) is 95.9 Å². The van der Waals surface area contributed by atoms with Crippen molar-refractivity contribution in [2.24, 2.45) is 0 Å². The second-order valence-electron chi connectivity index (χ2n) is 5.83. The summed E-state index contributed by atoms with van der Waals surface area (Å²) in [4.78, 5) is 25.3. The van der Waals surface area contributed by atoms with Crippen molar-refractivity contribution in [1.29, 1.82) is 0 Å². The molecular formula is C17H19N5O2. The van der Waals surface area contributed by atoms with Gasteiger partial charge in [0.15, 0.2) is 0 Å². The molecule has 124 valence electrons. The molecule has 24 heavy (non-hydrogen) atoms. The number of fused-ring (bicyclic) bond motifs is 1. The van der Waals surface area contributed by atoms with E-state index < -0.39 is 0 Å². The van der Waals surface area contributed by atoms with Gasteiger partial charge >= 0.3 is 0 Å². The van der Waals surface area contributed by atoms with Crippen molar-refractivity contribution in [1.82, 2.24) is 19.5 Å². The second-order valence-corrected chi connectivity index (χ2v) is 5.83. The van der Waals surface area contributed by atoms with Crippen molar-refractivity contribution in [3.63, 3.8) is 0 Å². The molecule has 3 heterocycles. The Labute approximate surface area is 139 Å². The highest BCUT2D eigenvalue weighted by Crippen LogP contribution is 2.18. The first-order chi connectivity index (χ1) is 11.5. The number of nitrogen functional groups attached to an aromatic ring is 1. The number of aromatic nitrogens is 4. The molecular weight excluding hydrogens is 306 g/mol. The Balaban J connectivity index is 2.12. The molecule has 0 spiro atoms. The first-order valence-corrected chi connectivity index (χ1v) is 7.65. The molecule has 0 bridgehead atoms. The third-order valence-electron chi connectivity index (χ3n) is 3.78. The Morgan fingerprint density at radius 1 is 1.25 bits per heavy atom. The molecule has 3 rings (SSSR count). The highest BCUT2D eigenvalue weighted by Gasteiger charge is 2.14. The lowest BCUT2D eigenvalue weighted by molar-refractivity contribution is 0.397. The fourth-order valence-corrected chi connectivity index (χ4v) is 2.65. The summed E-state index contributed by atoms with van der Waals surface area (Å²) in [5, 5.41) is 0.786. The van der Waals surface area contributed by atoms with E-state index in [1.54, 1.807) is 30.1 Å². The molecule has 0 unspecified atom stereocenters. The quantitative estimate of drug-likeness (QED) is 0.787. The second kappa shape index (κ2) is 6.27. The third kappa shape index (κ3) is 2.92. The van der Waals surface area contributed by atoms with E-state index in [0.29, 0.717) is 23.5 Å². The van der Waals surface area contributed by atoms with Crippen molar-refractivity contribution in [2.75, 3.05) is 12.8 Å². The van der Waals surface area contributed by atoms with Crippen LogP contribution in [0.4, 0.5) is 5.95 Å². The lowest BCUT2D eigenvalue weighted by atomic mass is 10.1. The summed E-state index contributed by atoms with van der Waals surface area (Å²) < 4.78 is 6.71. The number of pyridine rings is 2. The Hall–Kier alpha value is -2.96. The minimum absolute atomic E-state index is 0.0387. The van der Waals surface area contributed by atoms with Gasteiger partial charge in [-0.25, -0.2) is 9.97 Å². The van der Waals surface area contributed by atoms with Gasteiger partial charge in [0, 0.05) is 41.9 Å². The lowest BCUT2D eigenvalue weighted by Crippen LogP contribution is -2.26. The van der Waals surface area contributed by atoms with Crippen molar-refractivity contribution in [3.05, 3.63) is 52.1 Å². The molecule has 0 aromatic carbocycles. The molecule has 0 saturated carbocycles. The summed E-state index contributed by atoms with van der Waals surface area (Å²) in [7, 11) is 1.57. The van der Waals surface area contributed by atoms with Gasteiger partial charge in [-0.15, -0.1) is 0 Å². The molecule has 0 radical (unpaired) electrons. The van der Waals surface area contributed by atoms with Crippen LogP contribution in [0, 0.1) is 0 Å². The van der Waals surface area contributed by atoms with Crippen molar-refractivity contribution >= 4 is 17.0 Å². The van der Waals surface area contributed by atoms with E-state index in [1.165, 1.54) is 0 Å². The molecule has 0 aliphatic carbocycles. The van der Waals surface area contributed by atoms with Gasteiger partial charge < -0.3 is 10.5 Å². The maximum atomic E-state index is 12.9. The van der Waals surface area contributed by atoms with E-state index in [2.05, 4.69) is 15.0 Å². The van der Waals surface area contributed by atoms with Gasteiger partial charge in [0.2, 0.25) is 11.8 Å². The fraction of sp³-hybridized carbons (Fsp3) is 0.294. The van der Waals surface area contributed by atoms with Crippen molar-refractivity contribution in [3.8, 4) is 5.88 Å². The molecule has 3 aromatic rings. The molecule has 0 atom stereocenters. The fourth-order valence-electron chi connectivity index (χ4n) is 2.65. The SMILES string of the molecule is COc1ccc(Cc2cc3cnc(N)nc3n(C(C)C)c2=O)cn1. The molecule has 0 amide bonds. The molecule has 0 fully saturated rings. The number of rotatable bonds is 4. The van der Waals surface area contributed by atoms with Crippen LogP contribution in [0.5, 0.6) is 5.88 Å². The average Bonchev–Trinajstić information content (AvgIpc) is 2.56. The van der Waals surface area contributed by atoms with Gasteiger partial charge in [-0.2, -0.15) is 4.98 Å². The van der Waals surface area contributed by atoms with Crippen LogP contribution in [0.2, 0.25) is 0 Å². The van der Waals surface area contributed by atoms with E-state index in [1.807, 2.05) is 26.0 Å². The summed E-state index contributed by atoms with van der Waals surface area (Å²) in [6, 6.07) is 5.46. The van der Waals surface area contributed by atoms with Crippen LogP contribution < -0.4 is 16.0 Å². The van der Waals surface area contributed by atoms with Gasteiger partial charge in [-0.1, -0.05) is 6.07 Å². The molecule has 0 aliphatic heterocycles. The van der Waals surface area contributed by atoms with E-state index in [4.69, 9.17) is 10.5 Å². The van der Waals surface area contributed by atoms with Crippen LogP contribution in [0.15, 0.2) is 35.4 Å². The van der Waals surface area contributed by atoms with Crippen molar-refractivity contribution in [2.45, 2.75) is 26.3 Å². The average molecular weight is 325 g/mol. The Morgan fingerprint density at radius 2 is 2.04 bits per heavy atom. The molecule has 0 saturated heterocycles. The highest BCUT2D eigenvalue weighted by molar-refractivity contribution is 5.76. The largest absolute Gasteiger partial charge is 0.481 e. The first-order valence-electron chi connectivity index (χ1n) is 7.65. The highest BCUT2D eigenvalue weighted by atomic mass is 16.5. The molecule has 0 aliphatic rings. The number of nitrogens with zero attached hydrogens (tertiary/aromatic N) is 4. The Morgan fingerprint density at radius 3 is 2.67 bits per heavy atom. The zero-order valence-electron chi connectivity index (χ0n) is 13.9. The van der Waals surface area contributed by atoms with Crippen LogP contribution >= 0.6 is 0 Å². The summed E-state index contributed by atoms with van der Waals surface area (Å²) in [5.41, 5.74) is 7.74. The van der Waals surface area contributed by atoms with Gasteiger partial charge in [0.05, 0.1) is 7.11 Å². The Bertz CT molecular complexity index is 932. The lowest BCUT2D eigenvalue weighted by Gasteiger charge is -2.15. The van der Waals surface area contributed by atoms with Crippen LogP contribution in [0.3, 0.4) is 0 Å². The number of methoxy groups -OCH3 is 1. The van der Waals surface area contributed by atoms with Gasteiger partial charge in [0.25, 0.3) is 5.56 Å². The Kier molecular flexibility index (Phi) is 4.16. The minimum Gasteiger partial charge on any atom is -0.481 e. The zero-order valence-corrected chi connectivity index (χ0v) is 13.9. The van der Waals surface area contributed by atoms with Gasteiger partial charge in [0.1, 0.15) is 5.65 Å². The number of hydrogen-bond acceptors (Lipinski definition) is 6. The first kappa shape index (κ1) is 15.9. The number of anilines is 1. The number of ether oxygens (including phenoxy) is 1. The number of nitrogens with two attached hydrogens (primary N) is 1. The summed E-state index contributed by atoms with van der Waals surface area (Å²) in [6.07, 6.45) is 3.83. The number of hydrogen-bond donors (Lipinski definition) is 1. The molecule has 2 N–H and O–H groups in total. The van der Waals surface area contributed by atoms with Gasteiger partial charge in [-0.3, -0.25) is 9.36 Å². The summed E-state index contributed by atoms with van der Waals surface area (Å²) >= 11 is 0. The zero-order chi connectivity index (χ0) is 17.3.